The molecule has 1 atom stereocenters. The predicted molar refractivity (Wildman–Crippen MR) is 125 cm³/mol. The van der Waals surface area contributed by atoms with Crippen LogP contribution in [-0.4, -0.2) is 18.9 Å². The number of thiophene rings is 1. The molecule has 0 unspecified atom stereocenters. The standard InChI is InChI=1S/C25H26N2O3S/c1-16-12-13-18-21(14-16)31-25(27-22(28)15-17-8-4-3-5-9-17)23(18)24(29)26-19-10-6-7-11-20(19)30-2/h3-11,16H,12-15H2,1-2H3,(H,26,29)(H,27,28)/t16-/m1/s1. The van der Waals surface area contributed by atoms with Gasteiger partial charge in [0.05, 0.1) is 24.8 Å². The summed E-state index contributed by atoms with van der Waals surface area (Å²) in [6.45, 7) is 2.23. The Morgan fingerprint density at radius 1 is 1.06 bits per heavy atom. The van der Waals surface area contributed by atoms with E-state index in [9.17, 15) is 9.59 Å². The van der Waals surface area contributed by atoms with Crippen molar-refractivity contribution in [2.45, 2.75) is 32.6 Å². The van der Waals surface area contributed by atoms with E-state index in [4.69, 9.17) is 4.74 Å². The summed E-state index contributed by atoms with van der Waals surface area (Å²) in [4.78, 5) is 27.3. The molecular formula is C25H26N2O3S. The number of hydrogen-bond acceptors (Lipinski definition) is 4. The highest BCUT2D eigenvalue weighted by Crippen LogP contribution is 2.40. The zero-order valence-electron chi connectivity index (χ0n) is 17.7. The van der Waals surface area contributed by atoms with Crippen LogP contribution in [0.15, 0.2) is 54.6 Å². The molecule has 5 nitrogen and oxygen atoms in total. The fourth-order valence-corrected chi connectivity index (χ4v) is 5.39. The number of ether oxygens (including phenoxy) is 1. The lowest BCUT2D eigenvalue weighted by molar-refractivity contribution is -0.115. The van der Waals surface area contributed by atoms with Crippen molar-refractivity contribution in [2.75, 3.05) is 17.7 Å². The van der Waals surface area contributed by atoms with Crippen LogP contribution in [0.3, 0.4) is 0 Å². The number of methoxy groups -OCH3 is 1. The van der Waals surface area contributed by atoms with E-state index in [0.717, 1.165) is 30.4 Å². The van der Waals surface area contributed by atoms with E-state index < -0.39 is 0 Å². The van der Waals surface area contributed by atoms with Crippen LogP contribution in [-0.2, 0) is 24.1 Å². The van der Waals surface area contributed by atoms with Crippen LogP contribution in [0.2, 0.25) is 0 Å². The smallest absolute Gasteiger partial charge is 0.259 e. The lowest BCUT2D eigenvalue weighted by Crippen LogP contribution is -2.20. The monoisotopic (exact) mass is 434 g/mol. The molecule has 0 radical (unpaired) electrons. The third-order valence-corrected chi connectivity index (χ3v) is 6.72. The summed E-state index contributed by atoms with van der Waals surface area (Å²) in [5, 5.41) is 6.63. The molecule has 2 aromatic carbocycles. The molecule has 0 spiro atoms. The second-order valence-corrected chi connectivity index (χ2v) is 9.03. The van der Waals surface area contributed by atoms with E-state index in [1.54, 1.807) is 7.11 Å². The molecule has 0 aliphatic heterocycles. The van der Waals surface area contributed by atoms with Gasteiger partial charge in [-0.3, -0.25) is 9.59 Å². The highest BCUT2D eigenvalue weighted by atomic mass is 32.1. The van der Waals surface area contributed by atoms with Crippen LogP contribution in [0.25, 0.3) is 0 Å². The first-order valence-electron chi connectivity index (χ1n) is 10.5. The van der Waals surface area contributed by atoms with Crippen molar-refractivity contribution < 1.29 is 14.3 Å². The number of fused-ring (bicyclic) bond motifs is 1. The molecule has 1 aliphatic carbocycles. The minimum Gasteiger partial charge on any atom is -0.495 e. The molecule has 3 aromatic rings. The van der Waals surface area contributed by atoms with Gasteiger partial charge in [-0.25, -0.2) is 0 Å². The quantitative estimate of drug-likeness (QED) is 0.552. The molecule has 0 bridgehead atoms. The minimum atomic E-state index is -0.216. The van der Waals surface area contributed by atoms with Crippen LogP contribution in [0.1, 0.15) is 39.7 Å². The predicted octanol–water partition coefficient (Wildman–Crippen LogP) is 5.32. The maximum Gasteiger partial charge on any atom is 0.259 e. The Kier molecular flexibility index (Phi) is 6.37. The Labute approximate surface area is 186 Å². The molecule has 1 aliphatic rings. The van der Waals surface area contributed by atoms with E-state index in [1.165, 1.54) is 16.2 Å². The van der Waals surface area contributed by atoms with Gasteiger partial charge in [-0.1, -0.05) is 49.4 Å². The van der Waals surface area contributed by atoms with Crippen molar-refractivity contribution in [1.82, 2.24) is 0 Å². The Hall–Kier alpha value is -3.12. The normalized spacial score (nSPS) is 15.1. The third-order valence-electron chi connectivity index (χ3n) is 5.55. The number of rotatable bonds is 6. The lowest BCUT2D eigenvalue weighted by atomic mass is 9.88. The van der Waals surface area contributed by atoms with Gasteiger partial charge in [-0.2, -0.15) is 0 Å². The fraction of sp³-hybridized carbons (Fsp3) is 0.280. The molecule has 4 rings (SSSR count). The van der Waals surface area contributed by atoms with Crippen molar-refractivity contribution in [3.63, 3.8) is 0 Å². The zero-order chi connectivity index (χ0) is 21.8. The number of hydrogen-bond donors (Lipinski definition) is 2. The van der Waals surface area contributed by atoms with Gasteiger partial charge in [0.1, 0.15) is 10.8 Å². The number of anilines is 2. The SMILES string of the molecule is COc1ccccc1NC(=O)c1c(NC(=O)Cc2ccccc2)sc2c1CC[C@@H](C)C2. The van der Waals surface area contributed by atoms with Gasteiger partial charge in [-0.05, 0) is 48.4 Å². The lowest BCUT2D eigenvalue weighted by Gasteiger charge is -2.19. The average Bonchev–Trinajstić information content (AvgIpc) is 3.11. The second-order valence-electron chi connectivity index (χ2n) is 7.92. The molecule has 2 amide bonds. The molecule has 31 heavy (non-hydrogen) atoms. The van der Waals surface area contributed by atoms with Gasteiger partial charge in [-0.15, -0.1) is 11.3 Å². The van der Waals surface area contributed by atoms with Crippen molar-refractivity contribution in [2.24, 2.45) is 5.92 Å². The van der Waals surface area contributed by atoms with Crippen LogP contribution >= 0.6 is 11.3 Å². The van der Waals surface area contributed by atoms with Crippen molar-refractivity contribution in [3.8, 4) is 5.75 Å². The minimum absolute atomic E-state index is 0.121. The summed E-state index contributed by atoms with van der Waals surface area (Å²) in [5.41, 5.74) is 3.19. The molecule has 1 heterocycles. The van der Waals surface area contributed by atoms with Crippen LogP contribution in [0, 0.1) is 5.92 Å². The van der Waals surface area contributed by atoms with Gasteiger partial charge in [0.2, 0.25) is 5.91 Å². The molecule has 0 saturated carbocycles. The summed E-state index contributed by atoms with van der Waals surface area (Å²) in [6, 6.07) is 16.9. The van der Waals surface area contributed by atoms with E-state index in [2.05, 4.69) is 17.6 Å². The summed E-state index contributed by atoms with van der Waals surface area (Å²) in [6.07, 6.45) is 3.09. The molecule has 1 aromatic heterocycles. The van der Waals surface area contributed by atoms with E-state index in [0.29, 0.717) is 27.9 Å². The Bertz CT molecular complexity index is 1090. The molecule has 160 valence electrons. The van der Waals surface area contributed by atoms with Crippen molar-refractivity contribution in [1.29, 1.82) is 0 Å². The summed E-state index contributed by atoms with van der Waals surface area (Å²) in [7, 11) is 1.58. The van der Waals surface area contributed by atoms with E-state index in [-0.39, 0.29) is 18.2 Å². The van der Waals surface area contributed by atoms with E-state index >= 15 is 0 Å². The van der Waals surface area contributed by atoms with Crippen LogP contribution in [0.4, 0.5) is 10.7 Å². The maximum absolute atomic E-state index is 13.3. The Morgan fingerprint density at radius 3 is 2.58 bits per heavy atom. The fourth-order valence-electron chi connectivity index (χ4n) is 3.96. The average molecular weight is 435 g/mol. The van der Waals surface area contributed by atoms with Crippen molar-refractivity contribution >= 4 is 33.8 Å². The number of nitrogens with one attached hydrogen (secondary N) is 2. The number of amides is 2. The number of para-hydroxylation sites is 2. The number of carbonyl (C=O) groups excluding carboxylic acids is 2. The van der Waals surface area contributed by atoms with Crippen LogP contribution < -0.4 is 15.4 Å². The zero-order valence-corrected chi connectivity index (χ0v) is 18.6. The molecular weight excluding hydrogens is 408 g/mol. The van der Waals surface area contributed by atoms with Gasteiger partial charge in [0.15, 0.2) is 0 Å². The maximum atomic E-state index is 13.3. The third kappa shape index (κ3) is 4.80. The van der Waals surface area contributed by atoms with E-state index in [1.807, 2.05) is 54.6 Å². The molecule has 6 heteroatoms. The number of benzene rings is 2. The summed E-state index contributed by atoms with van der Waals surface area (Å²) < 4.78 is 5.37. The summed E-state index contributed by atoms with van der Waals surface area (Å²) >= 11 is 1.53. The van der Waals surface area contributed by atoms with Gasteiger partial charge >= 0.3 is 0 Å². The number of carbonyl (C=O) groups is 2. The largest absolute Gasteiger partial charge is 0.495 e. The first kappa shape index (κ1) is 21.1. The Balaban J connectivity index is 1.62. The van der Waals surface area contributed by atoms with Crippen LogP contribution in [0.5, 0.6) is 5.75 Å². The van der Waals surface area contributed by atoms with Gasteiger partial charge in [0, 0.05) is 4.88 Å². The second kappa shape index (κ2) is 9.35. The van der Waals surface area contributed by atoms with Gasteiger partial charge < -0.3 is 15.4 Å². The first-order valence-corrected chi connectivity index (χ1v) is 11.3. The van der Waals surface area contributed by atoms with Crippen molar-refractivity contribution in [3.05, 3.63) is 76.2 Å². The molecule has 0 fully saturated rings. The van der Waals surface area contributed by atoms with Gasteiger partial charge in [0.25, 0.3) is 5.91 Å². The Morgan fingerprint density at radius 2 is 1.81 bits per heavy atom. The first-order chi connectivity index (χ1) is 15.0. The summed E-state index contributed by atoms with van der Waals surface area (Å²) in [5.74, 6) is 0.836. The highest BCUT2D eigenvalue weighted by Gasteiger charge is 2.28. The highest BCUT2D eigenvalue weighted by molar-refractivity contribution is 7.17. The topological polar surface area (TPSA) is 67.4 Å². The molecule has 2 N–H and O–H groups in total. The molecule has 0 saturated heterocycles.